The zero-order valence-electron chi connectivity index (χ0n) is 31.1. The summed E-state index contributed by atoms with van der Waals surface area (Å²) in [6.45, 7) is 8.41. The quantitative estimate of drug-likeness (QED) is 0.0706. The summed E-state index contributed by atoms with van der Waals surface area (Å²) in [6.07, 6.45) is 1.62. The van der Waals surface area contributed by atoms with Crippen molar-refractivity contribution in [1.29, 1.82) is 0 Å². The van der Waals surface area contributed by atoms with Gasteiger partial charge in [0.1, 0.15) is 6.04 Å². The van der Waals surface area contributed by atoms with Crippen LogP contribution in [0.2, 0.25) is 0 Å². The molecule has 1 fully saturated rings. The number of benzene rings is 3. The average Bonchev–Trinajstić information content (AvgIpc) is 3.98. The predicted molar refractivity (Wildman–Crippen MR) is 202 cm³/mol. The number of nitrogens with one attached hydrogen (secondary N) is 2. The third-order valence-corrected chi connectivity index (χ3v) is 7.74. The molecule has 0 saturated heterocycles. The highest BCUT2D eigenvalue weighted by Crippen LogP contribution is 2.35. The van der Waals surface area contributed by atoms with Crippen LogP contribution >= 0.6 is 0 Å². The molecular weight excluding hydrogens is 721 g/mol. The molecule has 1 heterocycles. The second-order valence-electron chi connectivity index (χ2n) is 12.7. The van der Waals surface area contributed by atoms with Gasteiger partial charge in [-0.1, -0.05) is 31.2 Å². The highest BCUT2D eigenvalue weighted by molar-refractivity contribution is 5.94. The summed E-state index contributed by atoms with van der Waals surface area (Å²) in [5.41, 5.74) is 7.64. The van der Waals surface area contributed by atoms with Crippen molar-refractivity contribution in [2.24, 2.45) is 17.5 Å². The number of nitrogens with two attached hydrogens (primary N) is 2. The molecule has 4 aromatic rings. The summed E-state index contributed by atoms with van der Waals surface area (Å²) in [7, 11) is 0. The number of amides is 3. The first kappa shape index (κ1) is 43.5. The number of pyridine rings is 1. The lowest BCUT2D eigenvalue weighted by atomic mass is 10.0. The first-order valence-corrected chi connectivity index (χ1v) is 17.6. The summed E-state index contributed by atoms with van der Waals surface area (Å²) in [5, 5.41) is 16.5. The van der Waals surface area contributed by atoms with E-state index < -0.39 is 18.2 Å². The summed E-state index contributed by atoms with van der Waals surface area (Å²) in [4.78, 5) is 49.0. The molecule has 0 aliphatic heterocycles. The van der Waals surface area contributed by atoms with Gasteiger partial charge in [-0.25, -0.2) is 10.6 Å². The summed E-state index contributed by atoms with van der Waals surface area (Å²) < 4.78 is 43.6. The number of fused-ring (bicyclic) bond motifs is 1. The Bertz CT molecular complexity index is 1920. The molecule has 1 atom stereocenters. The molecule has 1 saturated carbocycles. The van der Waals surface area contributed by atoms with Crippen molar-refractivity contribution in [3.8, 4) is 11.5 Å². The third kappa shape index (κ3) is 14.1. The Morgan fingerprint density at radius 1 is 0.982 bits per heavy atom. The fourth-order valence-corrected chi connectivity index (χ4v) is 5.01. The van der Waals surface area contributed by atoms with E-state index in [1.165, 1.54) is 5.01 Å². The fraction of sp³-hybridized carbons (Fsp3) is 0.359. The van der Waals surface area contributed by atoms with Crippen LogP contribution in [0.5, 0.6) is 11.5 Å². The number of carbonyl (C=O) groups excluding carboxylic acids is 3. The van der Waals surface area contributed by atoms with Crippen molar-refractivity contribution in [2.45, 2.75) is 78.2 Å². The molecule has 3 amide bonds. The number of carboxylic acid groups (broad SMARTS) is 1. The molecule has 1 aliphatic carbocycles. The van der Waals surface area contributed by atoms with Gasteiger partial charge in [-0.15, -0.1) is 0 Å². The highest BCUT2D eigenvalue weighted by atomic mass is 19.4. The number of halogens is 3. The van der Waals surface area contributed by atoms with E-state index >= 15 is 0 Å². The van der Waals surface area contributed by atoms with E-state index in [4.69, 9.17) is 31.0 Å². The van der Waals surface area contributed by atoms with Crippen LogP contribution in [0.15, 0.2) is 79.1 Å². The molecule has 0 spiro atoms. The smallest absolute Gasteiger partial charge is 0.490 e. The first-order chi connectivity index (χ1) is 26.0. The molecular formula is C39H47F3N6O7. The van der Waals surface area contributed by atoms with E-state index in [2.05, 4.69) is 15.6 Å². The number of anilines is 2. The van der Waals surface area contributed by atoms with Crippen LogP contribution in [-0.2, 0) is 25.7 Å². The maximum atomic E-state index is 13.9. The molecule has 296 valence electrons. The monoisotopic (exact) mass is 768 g/mol. The molecule has 7 N–H and O–H groups in total. The van der Waals surface area contributed by atoms with Crippen LogP contribution in [-0.4, -0.2) is 52.7 Å². The largest absolute Gasteiger partial charge is 0.490 e. The number of carbonyl (C=O) groups is 4. The zero-order valence-corrected chi connectivity index (χ0v) is 31.1. The lowest BCUT2D eigenvalue weighted by Gasteiger charge is -2.29. The Balaban J connectivity index is 0.000000537. The van der Waals surface area contributed by atoms with Gasteiger partial charge in [0, 0.05) is 42.4 Å². The van der Waals surface area contributed by atoms with Gasteiger partial charge in [0.2, 0.25) is 17.7 Å². The van der Waals surface area contributed by atoms with E-state index in [-0.39, 0.29) is 36.3 Å². The van der Waals surface area contributed by atoms with Crippen LogP contribution in [0.3, 0.4) is 0 Å². The molecule has 16 heteroatoms. The van der Waals surface area contributed by atoms with Gasteiger partial charge in [-0.2, -0.15) is 13.2 Å². The number of hydrogen-bond acceptors (Lipinski definition) is 9. The minimum Gasteiger partial charge on any atom is -0.490 e. The van der Waals surface area contributed by atoms with Crippen LogP contribution in [0.4, 0.5) is 24.5 Å². The third-order valence-electron chi connectivity index (χ3n) is 7.74. The van der Waals surface area contributed by atoms with Gasteiger partial charge < -0.3 is 30.9 Å². The number of hydrogen-bond donors (Lipinski definition) is 5. The van der Waals surface area contributed by atoms with Crippen LogP contribution < -0.4 is 36.7 Å². The summed E-state index contributed by atoms with van der Waals surface area (Å²) >= 11 is 0. The molecule has 1 aromatic heterocycles. The van der Waals surface area contributed by atoms with Crippen molar-refractivity contribution in [3.05, 3.63) is 90.3 Å². The van der Waals surface area contributed by atoms with Gasteiger partial charge >= 0.3 is 12.1 Å². The first-order valence-electron chi connectivity index (χ1n) is 17.6. The maximum Gasteiger partial charge on any atom is 0.490 e. The van der Waals surface area contributed by atoms with Crippen molar-refractivity contribution < 1.29 is 46.9 Å². The van der Waals surface area contributed by atoms with Gasteiger partial charge in [-0.3, -0.25) is 24.4 Å². The average molecular weight is 769 g/mol. The van der Waals surface area contributed by atoms with E-state index in [0.717, 1.165) is 35.6 Å². The Hall–Kier alpha value is -5.90. The number of carboxylic acids is 1. The van der Waals surface area contributed by atoms with Crippen molar-refractivity contribution >= 4 is 45.8 Å². The second-order valence-corrected chi connectivity index (χ2v) is 12.7. The minimum absolute atomic E-state index is 0.0381. The number of alkyl halides is 3. The number of primary amides is 1. The number of ether oxygens (including phenoxy) is 2. The molecule has 1 aliphatic rings. The number of nitrogens with zero attached hydrogens (tertiary/aromatic N) is 2. The number of aromatic nitrogens is 1. The fourth-order valence-electron chi connectivity index (χ4n) is 5.01. The lowest BCUT2D eigenvalue weighted by Crippen LogP contribution is -2.44. The van der Waals surface area contributed by atoms with Gasteiger partial charge in [-0.05, 0) is 99.0 Å². The van der Waals surface area contributed by atoms with Crippen molar-refractivity contribution in [1.82, 2.24) is 10.3 Å². The Labute approximate surface area is 317 Å². The molecule has 0 radical (unpaired) electrons. The standard InChI is InChI=1S/C33H37N5O4.C4H9NO.C2HF3O2/c1-4-41-30-18-25(11-13-29(30)42-21(2)3)31(38(34)28-12-10-26-20-35-15-14-24(26)17-28)33(40)36-19-22-6-5-7-27(16-22)37-32(39)23-8-9-23;1-2-3-4(5)6;3-2(4,5)1(6)7/h5-7,10-18,20-21,23,31H,4,8-9,19,34H2,1-3H3,(H,36,40)(H,37,39);2-3H2,1H3,(H2,5,6);(H,6,7). The molecule has 55 heavy (non-hydrogen) atoms. The van der Waals surface area contributed by atoms with E-state index in [9.17, 15) is 27.6 Å². The SMILES string of the molecule is CCCC(N)=O.CCOc1cc(C(C(=O)NCc2cccc(NC(=O)C3CC3)c2)N(N)c2ccc3cnccc3c2)ccc1OC(C)C.O=C(O)C(F)(F)F. The molecule has 3 aromatic carbocycles. The summed E-state index contributed by atoms with van der Waals surface area (Å²) in [6, 6.07) is 19.7. The van der Waals surface area contributed by atoms with Crippen molar-refractivity contribution in [3.63, 3.8) is 0 Å². The highest BCUT2D eigenvalue weighted by Gasteiger charge is 2.38. The Morgan fingerprint density at radius 3 is 2.27 bits per heavy atom. The topological polar surface area (TPSA) is 199 Å². The Morgan fingerprint density at radius 2 is 1.69 bits per heavy atom. The number of hydrazine groups is 1. The van der Waals surface area contributed by atoms with Gasteiger partial charge in [0.25, 0.3) is 0 Å². The van der Waals surface area contributed by atoms with Crippen LogP contribution in [0.25, 0.3) is 10.8 Å². The summed E-state index contributed by atoms with van der Waals surface area (Å²) in [5.74, 6) is 4.75. The molecule has 5 rings (SSSR count). The predicted octanol–water partition coefficient (Wildman–Crippen LogP) is 6.41. The van der Waals surface area contributed by atoms with Crippen molar-refractivity contribution in [2.75, 3.05) is 16.9 Å². The van der Waals surface area contributed by atoms with E-state index in [1.54, 1.807) is 12.4 Å². The van der Waals surface area contributed by atoms with Gasteiger partial charge in [0.05, 0.1) is 18.4 Å². The van der Waals surface area contributed by atoms with E-state index in [1.807, 2.05) is 94.4 Å². The molecule has 0 bridgehead atoms. The lowest BCUT2D eigenvalue weighted by molar-refractivity contribution is -0.192. The zero-order chi connectivity index (χ0) is 40.7. The number of aliphatic carboxylic acids is 1. The molecule has 1 unspecified atom stereocenters. The second kappa shape index (κ2) is 20.5. The minimum atomic E-state index is -5.08. The van der Waals surface area contributed by atoms with Gasteiger partial charge in [0.15, 0.2) is 11.5 Å². The van der Waals surface area contributed by atoms with E-state index in [0.29, 0.717) is 41.5 Å². The maximum absolute atomic E-state index is 13.9. The normalized spacial score (nSPS) is 12.6. The number of rotatable bonds is 14. The van der Waals surface area contributed by atoms with Crippen LogP contribution in [0.1, 0.15) is 70.5 Å². The van der Waals surface area contributed by atoms with Crippen LogP contribution in [0, 0.1) is 5.92 Å². The Kier molecular flexibility index (Phi) is 16.2. The molecule has 13 nitrogen and oxygen atoms in total.